The number of carbonyl (C=O) groups excluding carboxylic acids is 2. The number of carboxylic acids is 1. The average Bonchev–Trinajstić information content (AvgIpc) is 3.23. The van der Waals surface area contributed by atoms with Crippen molar-refractivity contribution in [2.45, 2.75) is 33.2 Å². The number of hydrogen-bond acceptors (Lipinski definition) is 4. The number of aromatic carboxylic acids is 1. The van der Waals surface area contributed by atoms with Crippen molar-refractivity contribution in [1.29, 1.82) is 0 Å². The zero-order chi connectivity index (χ0) is 20.4. The molecule has 1 saturated heterocycles. The van der Waals surface area contributed by atoms with Gasteiger partial charge in [0.25, 0.3) is 0 Å². The summed E-state index contributed by atoms with van der Waals surface area (Å²) in [4.78, 5) is 39.7. The number of aryl methyl sites for hydroxylation is 2. The highest BCUT2D eigenvalue weighted by Crippen LogP contribution is 2.29. The number of amides is 2. The topological polar surface area (TPSA) is 91.1 Å². The summed E-state index contributed by atoms with van der Waals surface area (Å²) in [5.74, 6) is -0.999. The van der Waals surface area contributed by atoms with Gasteiger partial charge in [-0.3, -0.25) is 9.59 Å². The third-order valence-electron chi connectivity index (χ3n) is 5.11. The van der Waals surface area contributed by atoms with Gasteiger partial charge in [0.1, 0.15) is 17.1 Å². The van der Waals surface area contributed by atoms with Gasteiger partial charge in [0.2, 0.25) is 11.8 Å². The smallest absolute Gasteiger partial charge is 0.339 e. The quantitative estimate of drug-likeness (QED) is 0.827. The molecular weight excluding hydrogens is 360 g/mol. The van der Waals surface area contributed by atoms with E-state index in [4.69, 9.17) is 9.52 Å². The van der Waals surface area contributed by atoms with Crippen LogP contribution in [0, 0.1) is 12.8 Å². The number of nitrogens with zero attached hydrogens (tertiary/aromatic N) is 2. The molecular formula is C21H24N2O5. The number of carbonyl (C=O) groups is 3. The summed E-state index contributed by atoms with van der Waals surface area (Å²) in [7, 11) is 1.63. The molecule has 1 atom stereocenters. The van der Waals surface area contributed by atoms with E-state index in [1.807, 2.05) is 31.2 Å². The van der Waals surface area contributed by atoms with Crippen molar-refractivity contribution >= 4 is 23.5 Å². The van der Waals surface area contributed by atoms with Crippen LogP contribution in [0.5, 0.6) is 0 Å². The SMILES string of the molecule is CCc1ccccc1N1CC(C(=O)N(C)Cc2cc(C(=O)O)c(C)o2)CC1=O. The molecule has 1 aromatic carbocycles. The van der Waals surface area contributed by atoms with Crippen LogP contribution >= 0.6 is 0 Å². The molecule has 0 saturated carbocycles. The Labute approximate surface area is 163 Å². The highest BCUT2D eigenvalue weighted by Gasteiger charge is 2.37. The Morgan fingerprint density at radius 2 is 2.04 bits per heavy atom. The van der Waals surface area contributed by atoms with Crippen LogP contribution in [0.25, 0.3) is 0 Å². The minimum Gasteiger partial charge on any atom is -0.478 e. The normalized spacial score (nSPS) is 16.5. The molecule has 1 fully saturated rings. The predicted molar refractivity (Wildman–Crippen MR) is 103 cm³/mol. The van der Waals surface area contributed by atoms with E-state index < -0.39 is 11.9 Å². The Hall–Kier alpha value is -3.09. The van der Waals surface area contributed by atoms with Crippen LogP contribution in [0.3, 0.4) is 0 Å². The highest BCUT2D eigenvalue weighted by atomic mass is 16.4. The summed E-state index contributed by atoms with van der Waals surface area (Å²) >= 11 is 0. The van der Waals surface area contributed by atoms with Crippen molar-refractivity contribution in [3.63, 3.8) is 0 Å². The summed E-state index contributed by atoms with van der Waals surface area (Å²) in [5, 5.41) is 9.12. The van der Waals surface area contributed by atoms with Gasteiger partial charge in [-0.15, -0.1) is 0 Å². The molecule has 1 aliphatic rings. The molecule has 0 spiro atoms. The number of furan rings is 1. The first-order valence-corrected chi connectivity index (χ1v) is 9.27. The Morgan fingerprint density at radius 1 is 1.32 bits per heavy atom. The van der Waals surface area contributed by atoms with Crippen molar-refractivity contribution in [1.82, 2.24) is 4.90 Å². The molecule has 2 heterocycles. The fourth-order valence-corrected chi connectivity index (χ4v) is 3.64. The van der Waals surface area contributed by atoms with Crippen LogP contribution in [-0.2, 0) is 22.6 Å². The fraction of sp³-hybridized carbons (Fsp3) is 0.381. The van der Waals surface area contributed by atoms with Gasteiger partial charge in [-0.2, -0.15) is 0 Å². The molecule has 2 amide bonds. The van der Waals surface area contributed by atoms with Crippen LogP contribution in [0.15, 0.2) is 34.7 Å². The molecule has 2 aromatic rings. The summed E-state index contributed by atoms with van der Waals surface area (Å²) in [5.41, 5.74) is 2.03. The molecule has 148 valence electrons. The fourth-order valence-electron chi connectivity index (χ4n) is 3.64. The van der Waals surface area contributed by atoms with Gasteiger partial charge in [0, 0.05) is 25.7 Å². The molecule has 1 unspecified atom stereocenters. The molecule has 0 aliphatic carbocycles. The third-order valence-corrected chi connectivity index (χ3v) is 5.11. The molecule has 1 N–H and O–H groups in total. The average molecular weight is 384 g/mol. The maximum Gasteiger partial charge on any atom is 0.339 e. The van der Waals surface area contributed by atoms with Gasteiger partial charge in [0.15, 0.2) is 0 Å². The molecule has 1 aliphatic heterocycles. The maximum absolute atomic E-state index is 12.8. The zero-order valence-electron chi connectivity index (χ0n) is 16.3. The number of anilines is 1. The van der Waals surface area contributed by atoms with E-state index >= 15 is 0 Å². The van der Waals surface area contributed by atoms with Crippen LogP contribution in [0.4, 0.5) is 5.69 Å². The maximum atomic E-state index is 12.8. The number of benzene rings is 1. The van der Waals surface area contributed by atoms with Gasteiger partial charge in [-0.05, 0) is 31.0 Å². The second-order valence-electron chi connectivity index (χ2n) is 7.07. The van der Waals surface area contributed by atoms with Crippen molar-refractivity contribution in [3.8, 4) is 0 Å². The largest absolute Gasteiger partial charge is 0.478 e. The Kier molecular flexibility index (Phi) is 5.53. The second kappa shape index (κ2) is 7.88. The number of rotatable bonds is 6. The van der Waals surface area contributed by atoms with E-state index in [1.165, 1.54) is 11.0 Å². The number of hydrogen-bond donors (Lipinski definition) is 1. The lowest BCUT2D eigenvalue weighted by Gasteiger charge is -2.22. The Balaban J connectivity index is 1.70. The van der Waals surface area contributed by atoms with Crippen molar-refractivity contribution in [2.24, 2.45) is 5.92 Å². The minimum absolute atomic E-state index is 0.0605. The lowest BCUT2D eigenvalue weighted by Crippen LogP contribution is -2.34. The van der Waals surface area contributed by atoms with Crippen LogP contribution in [0.1, 0.15) is 40.8 Å². The van der Waals surface area contributed by atoms with E-state index in [0.29, 0.717) is 18.1 Å². The second-order valence-corrected chi connectivity index (χ2v) is 7.07. The van der Waals surface area contributed by atoms with Crippen LogP contribution in [0.2, 0.25) is 0 Å². The first kappa shape index (κ1) is 19.7. The molecule has 3 rings (SSSR count). The van der Waals surface area contributed by atoms with Gasteiger partial charge in [-0.25, -0.2) is 4.79 Å². The van der Waals surface area contributed by atoms with Gasteiger partial charge in [0.05, 0.1) is 12.5 Å². The van der Waals surface area contributed by atoms with Crippen molar-refractivity contribution in [2.75, 3.05) is 18.5 Å². The van der Waals surface area contributed by atoms with E-state index in [0.717, 1.165) is 17.7 Å². The Bertz CT molecular complexity index is 917. The van der Waals surface area contributed by atoms with Gasteiger partial charge >= 0.3 is 5.97 Å². The van der Waals surface area contributed by atoms with E-state index in [9.17, 15) is 14.4 Å². The lowest BCUT2D eigenvalue weighted by molar-refractivity contribution is -0.135. The molecule has 7 nitrogen and oxygen atoms in total. The van der Waals surface area contributed by atoms with E-state index in [1.54, 1.807) is 18.9 Å². The first-order chi connectivity index (χ1) is 13.3. The predicted octanol–water partition coefficient (Wildman–Crippen LogP) is 2.86. The van der Waals surface area contributed by atoms with Crippen molar-refractivity contribution < 1.29 is 23.9 Å². The summed E-state index contributed by atoms with van der Waals surface area (Å²) in [6.45, 7) is 4.11. The molecule has 1 aromatic heterocycles. The molecule has 7 heteroatoms. The van der Waals surface area contributed by atoms with Crippen LogP contribution < -0.4 is 4.90 Å². The summed E-state index contributed by atoms with van der Waals surface area (Å²) in [6, 6.07) is 9.17. The molecule has 0 radical (unpaired) electrons. The summed E-state index contributed by atoms with van der Waals surface area (Å²) < 4.78 is 5.45. The van der Waals surface area contributed by atoms with Crippen molar-refractivity contribution in [3.05, 3.63) is 53.0 Å². The summed E-state index contributed by atoms with van der Waals surface area (Å²) in [6.07, 6.45) is 0.973. The zero-order valence-corrected chi connectivity index (χ0v) is 16.3. The number of para-hydroxylation sites is 1. The Morgan fingerprint density at radius 3 is 2.68 bits per heavy atom. The van der Waals surface area contributed by atoms with Gasteiger partial charge in [-0.1, -0.05) is 25.1 Å². The van der Waals surface area contributed by atoms with Crippen LogP contribution in [-0.4, -0.2) is 41.4 Å². The third kappa shape index (κ3) is 3.78. The van der Waals surface area contributed by atoms with Gasteiger partial charge < -0.3 is 19.3 Å². The molecule has 28 heavy (non-hydrogen) atoms. The standard InChI is InChI=1S/C21H24N2O5/c1-4-14-7-5-6-8-18(14)23-11-15(9-19(23)24)20(25)22(3)12-16-10-17(21(26)27)13(2)28-16/h5-8,10,15H,4,9,11-12H2,1-3H3,(H,26,27). The monoisotopic (exact) mass is 384 g/mol. The molecule has 0 bridgehead atoms. The first-order valence-electron chi connectivity index (χ1n) is 9.27. The minimum atomic E-state index is -1.06. The number of carboxylic acid groups (broad SMARTS) is 1. The van der Waals surface area contributed by atoms with E-state index in [2.05, 4.69) is 0 Å². The highest BCUT2D eigenvalue weighted by molar-refractivity contribution is 6.00. The lowest BCUT2D eigenvalue weighted by atomic mass is 10.1. The van der Waals surface area contributed by atoms with E-state index in [-0.39, 0.29) is 30.3 Å².